The Morgan fingerprint density at radius 2 is 1.64 bits per heavy atom. The van der Waals surface area contributed by atoms with E-state index in [0.29, 0.717) is 6.61 Å². The zero-order valence-electron chi connectivity index (χ0n) is 14.6. The predicted octanol–water partition coefficient (Wildman–Crippen LogP) is 4.67. The average molecular weight is 334 g/mol. The summed E-state index contributed by atoms with van der Waals surface area (Å²) in [5, 5.41) is 10.2. The smallest absolute Gasteiger partial charge is 0.286 e. The fourth-order valence-electron chi connectivity index (χ4n) is 1.89. The van der Waals surface area contributed by atoms with Gasteiger partial charge in [-0.1, -0.05) is 26.2 Å². The van der Waals surface area contributed by atoms with Crippen LogP contribution in [0.15, 0.2) is 0 Å². The number of hydroxylamine groups is 2. The minimum absolute atomic E-state index is 0.0345. The monoisotopic (exact) mass is 334 g/mol. The second-order valence-electron chi connectivity index (χ2n) is 5.71. The lowest BCUT2D eigenvalue weighted by molar-refractivity contribution is -0.136. The highest BCUT2D eigenvalue weighted by molar-refractivity contribution is 7.48. The van der Waals surface area contributed by atoms with Crippen LogP contribution in [-0.2, 0) is 18.2 Å². The average Bonchev–Trinajstić information content (AvgIpc) is 2.44. The number of hydrogen-bond donors (Lipinski definition) is 0. The highest BCUT2D eigenvalue weighted by Gasteiger charge is 2.32. The van der Waals surface area contributed by atoms with Gasteiger partial charge < -0.3 is 0 Å². The summed E-state index contributed by atoms with van der Waals surface area (Å²) >= 11 is 0. The van der Waals surface area contributed by atoms with Crippen molar-refractivity contribution in [3.63, 3.8) is 0 Å². The molecule has 0 aromatic carbocycles. The third kappa shape index (κ3) is 9.55. The molecule has 0 aliphatic rings. The molecule has 6 nitrogen and oxygen atoms in total. The first-order valence-corrected chi connectivity index (χ1v) is 9.56. The summed E-state index contributed by atoms with van der Waals surface area (Å²) in [6.45, 7) is 10.3. The summed E-state index contributed by atoms with van der Waals surface area (Å²) in [6.07, 6.45) is 4.23. The van der Waals surface area contributed by atoms with Crippen LogP contribution in [0.2, 0.25) is 0 Å². The number of nitrogens with zero attached hydrogens (tertiary/aromatic N) is 2. The second kappa shape index (κ2) is 12.0. The van der Waals surface area contributed by atoms with Crippen molar-refractivity contribution < 1.29 is 18.2 Å². The van der Waals surface area contributed by atoms with Crippen molar-refractivity contribution in [3.05, 3.63) is 0 Å². The second-order valence-corrected chi connectivity index (χ2v) is 7.29. The van der Waals surface area contributed by atoms with Crippen LogP contribution in [0.1, 0.15) is 66.7 Å². The minimum atomic E-state index is -3.69. The van der Waals surface area contributed by atoms with E-state index in [1.165, 1.54) is 0 Å². The van der Waals surface area contributed by atoms with E-state index in [1.54, 1.807) is 5.06 Å². The largest absolute Gasteiger partial charge is 0.491 e. The van der Waals surface area contributed by atoms with Gasteiger partial charge in [0.15, 0.2) is 0 Å². The van der Waals surface area contributed by atoms with Gasteiger partial charge in [-0.2, -0.15) is 14.9 Å². The Bertz CT molecular complexity index is 361. The summed E-state index contributed by atoms with van der Waals surface area (Å²) < 4.78 is 28.9. The first-order valence-electron chi connectivity index (χ1n) is 8.10. The van der Waals surface area contributed by atoms with E-state index in [4.69, 9.17) is 18.9 Å². The van der Waals surface area contributed by atoms with E-state index < -0.39 is 7.82 Å². The highest BCUT2D eigenvalue weighted by atomic mass is 31.2. The van der Waals surface area contributed by atoms with Crippen LogP contribution in [0.3, 0.4) is 0 Å². The Hall–Kier alpha value is -0.440. The Kier molecular flexibility index (Phi) is 11.8. The molecule has 1 unspecified atom stereocenters. The highest BCUT2D eigenvalue weighted by Crippen LogP contribution is 2.51. The number of phosphoric ester groups is 1. The third-order valence-electron chi connectivity index (χ3n) is 2.92. The third-order valence-corrected chi connectivity index (χ3v) is 4.31. The molecule has 130 valence electrons. The topological polar surface area (TPSA) is 71.8 Å². The molecule has 0 amide bonds. The molecule has 0 saturated carbocycles. The SMILES string of the molecule is CCCCCCOP(=O)(OCCC#N)ON(C(C)C)C(C)C. The van der Waals surface area contributed by atoms with Crippen LogP contribution in [0.4, 0.5) is 0 Å². The molecule has 0 aliphatic heterocycles. The maximum atomic E-state index is 12.7. The van der Waals surface area contributed by atoms with Gasteiger partial charge in [0.25, 0.3) is 0 Å². The molecular formula is C15H31N2O4P. The van der Waals surface area contributed by atoms with Crippen LogP contribution in [-0.4, -0.2) is 30.4 Å². The molecule has 0 spiro atoms. The summed E-state index contributed by atoms with van der Waals surface area (Å²) in [5.74, 6) is 0. The fourth-order valence-corrected chi connectivity index (χ4v) is 3.34. The zero-order valence-corrected chi connectivity index (χ0v) is 15.5. The molecule has 7 heteroatoms. The molecule has 1 atom stereocenters. The predicted molar refractivity (Wildman–Crippen MR) is 87.1 cm³/mol. The lowest BCUT2D eigenvalue weighted by Gasteiger charge is -2.31. The van der Waals surface area contributed by atoms with Gasteiger partial charge in [0.1, 0.15) is 0 Å². The molecule has 0 radical (unpaired) electrons. The van der Waals surface area contributed by atoms with E-state index in [0.717, 1.165) is 25.7 Å². The number of rotatable bonds is 13. The Balaban J connectivity index is 4.63. The van der Waals surface area contributed by atoms with Gasteiger partial charge >= 0.3 is 7.82 Å². The number of unbranched alkanes of at least 4 members (excludes halogenated alkanes) is 3. The van der Waals surface area contributed by atoms with Gasteiger partial charge in [-0.3, -0.25) is 9.05 Å². The standard InChI is InChI=1S/C15H31N2O4P/c1-6-7-8-9-12-19-22(18,20-13-10-11-16)21-17(14(2)3)15(4)5/h14-15H,6-10,12-13H2,1-5H3. The van der Waals surface area contributed by atoms with E-state index in [2.05, 4.69) is 6.92 Å². The zero-order chi connectivity index (χ0) is 17.0. The molecule has 0 heterocycles. The van der Waals surface area contributed by atoms with Crippen molar-refractivity contribution in [3.8, 4) is 6.07 Å². The Morgan fingerprint density at radius 1 is 1.05 bits per heavy atom. The molecule has 0 aromatic heterocycles. The van der Waals surface area contributed by atoms with Crippen LogP contribution in [0, 0.1) is 11.3 Å². The number of phosphoric acid groups is 1. The van der Waals surface area contributed by atoms with Crippen molar-refractivity contribution in [2.75, 3.05) is 13.2 Å². The van der Waals surface area contributed by atoms with Gasteiger partial charge in [0, 0.05) is 12.1 Å². The molecule has 0 aromatic rings. The molecule has 0 bridgehead atoms. The molecule has 0 rings (SSSR count). The summed E-state index contributed by atoms with van der Waals surface area (Å²) in [4.78, 5) is 0. The molecule has 22 heavy (non-hydrogen) atoms. The minimum Gasteiger partial charge on any atom is -0.286 e. The maximum Gasteiger partial charge on any atom is 0.491 e. The molecule has 0 N–H and O–H groups in total. The Labute approximate surface area is 135 Å². The lowest BCUT2D eigenvalue weighted by atomic mass is 10.2. The number of hydrogen-bond acceptors (Lipinski definition) is 6. The van der Waals surface area contributed by atoms with Gasteiger partial charge in [-0.05, 0) is 34.1 Å². The maximum absolute atomic E-state index is 12.7. The van der Waals surface area contributed by atoms with Crippen LogP contribution < -0.4 is 0 Å². The van der Waals surface area contributed by atoms with Crippen LogP contribution >= 0.6 is 7.82 Å². The van der Waals surface area contributed by atoms with Gasteiger partial charge in [-0.25, -0.2) is 4.57 Å². The first-order chi connectivity index (χ1) is 10.4. The van der Waals surface area contributed by atoms with E-state index in [9.17, 15) is 4.57 Å². The van der Waals surface area contributed by atoms with Crippen molar-refractivity contribution in [1.82, 2.24) is 5.06 Å². The normalized spacial score (nSPS) is 14.5. The summed E-state index contributed by atoms with van der Waals surface area (Å²) in [7, 11) is -3.69. The van der Waals surface area contributed by atoms with E-state index >= 15 is 0 Å². The van der Waals surface area contributed by atoms with Crippen molar-refractivity contribution >= 4 is 7.82 Å². The van der Waals surface area contributed by atoms with Crippen LogP contribution in [0.25, 0.3) is 0 Å². The summed E-state index contributed by atoms with van der Waals surface area (Å²) in [6, 6.07) is 2.03. The van der Waals surface area contributed by atoms with Crippen LogP contribution in [0.5, 0.6) is 0 Å². The molecule has 0 saturated heterocycles. The van der Waals surface area contributed by atoms with Crippen molar-refractivity contribution in [2.45, 2.75) is 78.8 Å². The molecular weight excluding hydrogens is 303 g/mol. The number of nitriles is 1. The quantitative estimate of drug-likeness (QED) is 0.277. The van der Waals surface area contributed by atoms with E-state index in [-0.39, 0.29) is 25.1 Å². The molecule has 0 aliphatic carbocycles. The van der Waals surface area contributed by atoms with Gasteiger partial charge in [-0.15, -0.1) is 0 Å². The van der Waals surface area contributed by atoms with Gasteiger partial charge in [0.2, 0.25) is 0 Å². The summed E-state index contributed by atoms with van der Waals surface area (Å²) in [5.41, 5.74) is 0. The first kappa shape index (κ1) is 21.6. The molecule has 0 fully saturated rings. The van der Waals surface area contributed by atoms with E-state index in [1.807, 2.05) is 33.8 Å². The van der Waals surface area contributed by atoms with Gasteiger partial charge in [0.05, 0.1) is 25.7 Å². The fraction of sp³-hybridized carbons (Fsp3) is 0.933. The Morgan fingerprint density at radius 3 is 2.14 bits per heavy atom. The lowest BCUT2D eigenvalue weighted by Crippen LogP contribution is -2.36. The van der Waals surface area contributed by atoms with Crippen molar-refractivity contribution in [2.24, 2.45) is 0 Å². The van der Waals surface area contributed by atoms with Crippen molar-refractivity contribution in [1.29, 1.82) is 5.26 Å².